The maximum Gasteiger partial charge on any atom is 0.216 e. The van der Waals surface area contributed by atoms with E-state index in [0.717, 1.165) is 63.3 Å². The summed E-state index contributed by atoms with van der Waals surface area (Å²) in [5.41, 5.74) is 9.45. The molecule has 0 unspecified atom stereocenters. The Labute approximate surface area is 295 Å². The minimum atomic E-state index is -0.458. The maximum absolute atomic E-state index is 5.89. The van der Waals surface area contributed by atoms with Gasteiger partial charge in [0.2, 0.25) is 5.71 Å². The Hall–Kier alpha value is -3.44. The molecule has 6 heteroatoms. The van der Waals surface area contributed by atoms with Gasteiger partial charge in [-0.15, -0.1) is 59.7 Å². The van der Waals surface area contributed by atoms with Crippen LogP contribution in [-0.2, 0) is 32.9 Å². The number of fused-ring (bicyclic) bond motifs is 3. The van der Waals surface area contributed by atoms with Crippen molar-refractivity contribution in [2.24, 2.45) is 11.8 Å². The molecule has 1 aliphatic rings. The fourth-order valence-electron chi connectivity index (χ4n) is 6.57. The molecule has 0 bridgehead atoms. The molecule has 6 aromatic rings. The number of pyridine rings is 3. The molecule has 1 aliphatic carbocycles. The van der Waals surface area contributed by atoms with Crippen LogP contribution in [0, 0.1) is 30.9 Å². The molecule has 1 fully saturated rings. The Morgan fingerprint density at radius 3 is 2.45 bits per heavy atom. The number of hydrogen-bond donors (Lipinski definition) is 0. The number of nitrogens with zero attached hydrogens (tertiary/aromatic N) is 3. The van der Waals surface area contributed by atoms with E-state index < -0.39 is 8.80 Å². The predicted molar refractivity (Wildman–Crippen MR) is 193 cm³/mol. The molecule has 0 amide bonds. The average molecular weight is 815 g/mol. The second-order valence-corrected chi connectivity index (χ2v) is 15.9. The third kappa shape index (κ3) is 8.73. The number of aryl methyl sites for hydroxylation is 1. The van der Waals surface area contributed by atoms with E-state index >= 15 is 0 Å². The zero-order valence-electron chi connectivity index (χ0n) is 28.2. The van der Waals surface area contributed by atoms with E-state index in [4.69, 9.17) is 4.42 Å². The molecule has 0 aliphatic heterocycles. The molecule has 1 saturated carbocycles. The van der Waals surface area contributed by atoms with Crippen LogP contribution in [-0.4, -0.2) is 23.7 Å². The molecule has 244 valence electrons. The quantitative estimate of drug-likeness (QED) is 0.119. The van der Waals surface area contributed by atoms with E-state index in [1.165, 1.54) is 48.4 Å². The van der Waals surface area contributed by atoms with E-state index in [9.17, 15) is 0 Å². The van der Waals surface area contributed by atoms with Gasteiger partial charge in [0.25, 0.3) is 0 Å². The average Bonchev–Trinajstić information content (AvgIpc) is 3.42. The van der Waals surface area contributed by atoms with E-state index in [1.54, 1.807) is 0 Å². The number of furan rings is 1. The first-order valence-electron chi connectivity index (χ1n) is 16.8. The van der Waals surface area contributed by atoms with E-state index in [2.05, 4.69) is 96.6 Å². The third-order valence-corrected chi connectivity index (χ3v) is 10.4. The third-order valence-electron chi connectivity index (χ3n) is 8.90. The number of hydrogen-bond acceptors (Lipinski definition) is 4. The standard InChI is InChI=1S/C24H23N2O.C17H21NSi.Ir/c1-16-7-9-20-21-15-19(8-10-23(21)27-24(20)26-16)22-14-18(11-12-25-22)13-17-5-3-2-4-6-17;1-13(2)10-15-11-16(14-8-6-5-7-9-14)18-12-17(15)19(3)4;/h7,9-12,14-15,17H,2-6,13H2,1H3;5-8,11-13H,10H2,1-4H3;/q2*-1;. The largest absolute Gasteiger partial charge is 0.486 e. The molecule has 2 radical (unpaired) electrons. The van der Waals surface area contributed by atoms with Crippen LogP contribution in [0.5, 0.6) is 0 Å². The van der Waals surface area contributed by atoms with Crippen LogP contribution in [0.15, 0.2) is 83.5 Å². The summed E-state index contributed by atoms with van der Waals surface area (Å²) in [5, 5.41) is 3.59. The summed E-state index contributed by atoms with van der Waals surface area (Å²) in [6, 6.07) is 29.5. The molecule has 4 aromatic heterocycles. The zero-order valence-corrected chi connectivity index (χ0v) is 31.6. The van der Waals surface area contributed by atoms with Gasteiger partial charge in [-0.2, -0.15) is 0 Å². The Balaban J connectivity index is 0.000000192. The van der Waals surface area contributed by atoms with Crippen molar-refractivity contribution >= 4 is 36.1 Å². The molecule has 7 rings (SSSR count). The van der Waals surface area contributed by atoms with Gasteiger partial charge in [-0.3, -0.25) is 0 Å². The van der Waals surface area contributed by atoms with Gasteiger partial charge in [-0.25, -0.2) is 4.98 Å². The SMILES string of the molecule is CC(C)Cc1cc(-c2[c-]cccc2)ncc1[Si](C)C.Cc1ccc2c(n1)oc1c[c-]c(-c3cc(CC4CCCCC4)ccn3)cc12.[Ir]. The van der Waals surface area contributed by atoms with Crippen LogP contribution in [0.25, 0.3) is 44.6 Å². The van der Waals surface area contributed by atoms with Crippen molar-refractivity contribution in [3.8, 4) is 22.5 Å². The van der Waals surface area contributed by atoms with Crippen molar-refractivity contribution in [2.45, 2.75) is 78.8 Å². The topological polar surface area (TPSA) is 51.8 Å². The van der Waals surface area contributed by atoms with Gasteiger partial charge in [0.1, 0.15) is 0 Å². The molecular formula is C41H44IrN3OSi-2. The van der Waals surface area contributed by atoms with Gasteiger partial charge >= 0.3 is 0 Å². The normalized spacial score (nSPS) is 13.5. The van der Waals surface area contributed by atoms with Gasteiger partial charge in [0.15, 0.2) is 0 Å². The van der Waals surface area contributed by atoms with Crippen molar-refractivity contribution < 1.29 is 24.5 Å². The van der Waals surface area contributed by atoms with E-state index in [1.807, 2.05) is 43.5 Å². The van der Waals surface area contributed by atoms with Crippen molar-refractivity contribution in [3.05, 3.63) is 108 Å². The summed E-state index contributed by atoms with van der Waals surface area (Å²) in [7, 11) is -0.458. The monoisotopic (exact) mass is 815 g/mol. The molecular weight excluding hydrogens is 771 g/mol. The Bertz CT molecular complexity index is 1910. The van der Waals surface area contributed by atoms with Crippen molar-refractivity contribution in [3.63, 3.8) is 0 Å². The molecule has 2 aromatic carbocycles. The first-order valence-corrected chi connectivity index (χ1v) is 19.3. The summed E-state index contributed by atoms with van der Waals surface area (Å²) >= 11 is 0. The zero-order chi connectivity index (χ0) is 32.0. The second-order valence-electron chi connectivity index (χ2n) is 13.4. The van der Waals surface area contributed by atoms with Crippen LogP contribution < -0.4 is 5.19 Å². The van der Waals surface area contributed by atoms with Gasteiger partial charge in [0, 0.05) is 43.6 Å². The predicted octanol–water partition coefficient (Wildman–Crippen LogP) is 9.98. The number of benzene rings is 2. The fourth-order valence-corrected chi connectivity index (χ4v) is 7.71. The van der Waals surface area contributed by atoms with Crippen molar-refractivity contribution in [1.82, 2.24) is 15.0 Å². The summed E-state index contributed by atoms with van der Waals surface area (Å²) in [6.07, 6.45) is 13.2. The number of rotatable bonds is 7. The van der Waals surface area contributed by atoms with E-state index in [-0.39, 0.29) is 20.1 Å². The maximum atomic E-state index is 5.89. The smallest absolute Gasteiger partial charge is 0.216 e. The molecule has 4 nitrogen and oxygen atoms in total. The van der Waals surface area contributed by atoms with Crippen LogP contribution in [0.3, 0.4) is 0 Å². The van der Waals surface area contributed by atoms with E-state index in [0.29, 0.717) is 11.6 Å². The molecule has 0 atom stereocenters. The van der Waals surface area contributed by atoms with Gasteiger partial charge in [0.05, 0.1) is 14.4 Å². The fraction of sp³-hybridized carbons (Fsp3) is 0.341. The van der Waals surface area contributed by atoms with Gasteiger partial charge < -0.3 is 14.4 Å². The minimum absolute atomic E-state index is 0. The molecule has 4 heterocycles. The van der Waals surface area contributed by atoms with Crippen LogP contribution in [0.4, 0.5) is 0 Å². The van der Waals surface area contributed by atoms with Crippen molar-refractivity contribution in [2.75, 3.05) is 0 Å². The summed E-state index contributed by atoms with van der Waals surface area (Å²) in [6.45, 7) is 11.2. The molecule has 0 saturated heterocycles. The minimum Gasteiger partial charge on any atom is -0.486 e. The van der Waals surface area contributed by atoms with Crippen LogP contribution in [0.1, 0.15) is 62.8 Å². The first kappa shape index (κ1) is 34.9. The summed E-state index contributed by atoms with van der Waals surface area (Å²) < 4.78 is 5.89. The van der Waals surface area contributed by atoms with Crippen molar-refractivity contribution in [1.29, 1.82) is 0 Å². The summed E-state index contributed by atoms with van der Waals surface area (Å²) in [4.78, 5) is 13.7. The Kier molecular flexibility index (Phi) is 12.0. The molecule has 0 N–H and O–H groups in total. The van der Waals surface area contributed by atoms with Crippen LogP contribution >= 0.6 is 0 Å². The second kappa shape index (κ2) is 16.1. The first-order chi connectivity index (χ1) is 22.3. The number of aromatic nitrogens is 3. The molecule has 47 heavy (non-hydrogen) atoms. The van der Waals surface area contributed by atoms with Gasteiger partial charge in [-0.1, -0.05) is 87.7 Å². The summed E-state index contributed by atoms with van der Waals surface area (Å²) in [5.74, 6) is 1.50. The Morgan fingerprint density at radius 1 is 0.894 bits per heavy atom. The Morgan fingerprint density at radius 2 is 1.70 bits per heavy atom. The van der Waals surface area contributed by atoms with Gasteiger partial charge in [-0.05, 0) is 66.4 Å². The van der Waals surface area contributed by atoms with Crippen LogP contribution in [0.2, 0.25) is 13.1 Å². The molecule has 0 spiro atoms.